The topological polar surface area (TPSA) is 71.1 Å². The van der Waals surface area contributed by atoms with Crippen LogP contribution in [0.15, 0.2) is 73.1 Å². The Balaban J connectivity index is 1.57. The number of carbonyl (C=O) groups is 2. The van der Waals surface area contributed by atoms with Crippen molar-refractivity contribution in [3.05, 3.63) is 101 Å². The monoisotopic (exact) mass is 391 g/mol. The summed E-state index contributed by atoms with van der Waals surface area (Å²) in [7, 11) is 0. The van der Waals surface area contributed by atoms with Gasteiger partial charge in [-0.3, -0.25) is 14.6 Å². The molecule has 29 heavy (non-hydrogen) atoms. The van der Waals surface area contributed by atoms with Gasteiger partial charge in [-0.15, -0.1) is 0 Å². The number of amides is 2. The maximum Gasteiger partial charge on any atom is 0.253 e. The first-order valence-electron chi connectivity index (χ1n) is 9.36. The van der Waals surface area contributed by atoms with Gasteiger partial charge < -0.3 is 10.6 Å². The number of nitrogens with zero attached hydrogens (tertiary/aromatic N) is 1. The van der Waals surface area contributed by atoms with Gasteiger partial charge in [0.15, 0.2) is 0 Å². The van der Waals surface area contributed by atoms with Crippen LogP contribution in [0.3, 0.4) is 0 Å². The molecule has 5 nitrogen and oxygen atoms in total. The molecule has 0 spiro atoms. The molecule has 2 amide bonds. The number of halogens is 1. The molecule has 2 aromatic carbocycles. The van der Waals surface area contributed by atoms with E-state index in [1.165, 1.54) is 30.6 Å². The molecule has 0 aliphatic rings. The summed E-state index contributed by atoms with van der Waals surface area (Å²) in [4.78, 5) is 28.9. The van der Waals surface area contributed by atoms with E-state index in [4.69, 9.17) is 0 Å². The molecule has 1 unspecified atom stereocenters. The molecule has 1 atom stereocenters. The van der Waals surface area contributed by atoms with E-state index in [9.17, 15) is 14.0 Å². The zero-order valence-electron chi connectivity index (χ0n) is 16.1. The second kappa shape index (κ2) is 9.59. The minimum Gasteiger partial charge on any atom is -0.352 e. The Morgan fingerprint density at radius 2 is 1.62 bits per heavy atom. The van der Waals surface area contributed by atoms with Gasteiger partial charge in [0.1, 0.15) is 5.82 Å². The van der Waals surface area contributed by atoms with Gasteiger partial charge in [0, 0.05) is 18.9 Å². The van der Waals surface area contributed by atoms with Crippen molar-refractivity contribution < 1.29 is 14.0 Å². The minimum atomic E-state index is -0.314. The van der Waals surface area contributed by atoms with Crippen molar-refractivity contribution in [3.8, 4) is 0 Å². The van der Waals surface area contributed by atoms with E-state index in [-0.39, 0.29) is 23.7 Å². The number of hydrogen-bond acceptors (Lipinski definition) is 3. The molecule has 0 bridgehead atoms. The van der Waals surface area contributed by atoms with E-state index in [0.717, 1.165) is 11.1 Å². The van der Waals surface area contributed by atoms with Crippen LogP contribution in [0.2, 0.25) is 0 Å². The molecule has 6 heteroatoms. The average Bonchev–Trinajstić information content (AvgIpc) is 2.75. The van der Waals surface area contributed by atoms with E-state index in [2.05, 4.69) is 15.6 Å². The van der Waals surface area contributed by atoms with Crippen molar-refractivity contribution in [1.82, 2.24) is 15.6 Å². The maximum atomic E-state index is 12.9. The average molecular weight is 391 g/mol. The second-order valence-electron chi connectivity index (χ2n) is 6.70. The number of aromatic nitrogens is 1. The molecule has 0 saturated heterocycles. The lowest BCUT2D eigenvalue weighted by molar-refractivity contribution is 0.0939. The van der Waals surface area contributed by atoms with E-state index in [0.29, 0.717) is 24.1 Å². The predicted molar refractivity (Wildman–Crippen MR) is 109 cm³/mol. The van der Waals surface area contributed by atoms with E-state index in [1.54, 1.807) is 12.1 Å². The van der Waals surface area contributed by atoms with Crippen LogP contribution in [-0.2, 0) is 6.42 Å². The maximum absolute atomic E-state index is 12.9. The van der Waals surface area contributed by atoms with Gasteiger partial charge in [0.2, 0.25) is 0 Å². The first-order chi connectivity index (χ1) is 14.0. The van der Waals surface area contributed by atoms with Crippen LogP contribution in [0.4, 0.5) is 4.39 Å². The Kier molecular flexibility index (Phi) is 6.68. The van der Waals surface area contributed by atoms with E-state index in [1.807, 2.05) is 37.3 Å². The zero-order valence-corrected chi connectivity index (χ0v) is 16.1. The van der Waals surface area contributed by atoms with Crippen LogP contribution < -0.4 is 10.6 Å². The first-order valence-corrected chi connectivity index (χ1v) is 9.36. The molecular weight excluding hydrogens is 369 g/mol. The summed E-state index contributed by atoms with van der Waals surface area (Å²) in [5.74, 6) is -0.902. The van der Waals surface area contributed by atoms with Gasteiger partial charge in [0.25, 0.3) is 11.8 Å². The fourth-order valence-corrected chi connectivity index (χ4v) is 2.87. The highest BCUT2D eigenvalue weighted by Gasteiger charge is 2.14. The third-order valence-electron chi connectivity index (χ3n) is 4.52. The van der Waals surface area contributed by atoms with Crippen LogP contribution in [-0.4, -0.2) is 23.3 Å². The van der Waals surface area contributed by atoms with Gasteiger partial charge in [-0.2, -0.15) is 0 Å². The molecule has 3 rings (SSSR count). The van der Waals surface area contributed by atoms with Crippen molar-refractivity contribution in [1.29, 1.82) is 0 Å². The standard InChI is InChI=1S/C23H22FN3O2/c1-16(18-5-3-2-4-6-18)27-23(29)20-13-19(14-25-15-20)22(28)26-12-11-17-7-9-21(24)10-8-17/h2-10,13-16H,11-12H2,1H3,(H,26,28)(H,27,29). The molecule has 0 aliphatic heterocycles. The van der Waals surface area contributed by atoms with Gasteiger partial charge in [-0.05, 0) is 42.7 Å². The summed E-state index contributed by atoms with van der Waals surface area (Å²) in [5.41, 5.74) is 2.54. The Hall–Kier alpha value is -3.54. The van der Waals surface area contributed by atoms with Crippen LogP contribution in [0.25, 0.3) is 0 Å². The molecule has 148 valence electrons. The van der Waals surface area contributed by atoms with Gasteiger partial charge >= 0.3 is 0 Å². The Morgan fingerprint density at radius 3 is 2.31 bits per heavy atom. The minimum absolute atomic E-state index is 0.170. The molecule has 0 fully saturated rings. The molecular formula is C23H22FN3O2. The number of benzene rings is 2. The summed E-state index contributed by atoms with van der Waals surface area (Å²) in [6.07, 6.45) is 3.43. The number of nitrogens with one attached hydrogen (secondary N) is 2. The molecule has 1 aromatic heterocycles. The fraction of sp³-hybridized carbons (Fsp3) is 0.174. The van der Waals surface area contributed by atoms with Crippen molar-refractivity contribution in [3.63, 3.8) is 0 Å². The predicted octanol–water partition coefficient (Wildman–Crippen LogP) is 3.68. The van der Waals surface area contributed by atoms with Gasteiger partial charge in [-0.1, -0.05) is 42.5 Å². The third-order valence-corrected chi connectivity index (χ3v) is 4.52. The van der Waals surface area contributed by atoms with Crippen LogP contribution in [0, 0.1) is 5.82 Å². The zero-order chi connectivity index (χ0) is 20.6. The van der Waals surface area contributed by atoms with E-state index < -0.39 is 0 Å². The summed E-state index contributed by atoms with van der Waals surface area (Å²) in [6, 6.07) is 17.1. The summed E-state index contributed by atoms with van der Waals surface area (Å²) in [6.45, 7) is 2.29. The molecule has 0 aliphatic carbocycles. The fourth-order valence-electron chi connectivity index (χ4n) is 2.87. The van der Waals surface area contributed by atoms with Gasteiger partial charge in [0.05, 0.1) is 17.2 Å². The largest absolute Gasteiger partial charge is 0.352 e. The molecule has 0 saturated carbocycles. The third kappa shape index (κ3) is 5.72. The number of pyridine rings is 1. The number of carbonyl (C=O) groups excluding carboxylic acids is 2. The van der Waals surface area contributed by atoms with Crippen molar-refractivity contribution in [2.45, 2.75) is 19.4 Å². The van der Waals surface area contributed by atoms with E-state index >= 15 is 0 Å². The van der Waals surface area contributed by atoms with Crippen LogP contribution in [0.1, 0.15) is 44.8 Å². The molecule has 1 heterocycles. The van der Waals surface area contributed by atoms with Crippen LogP contribution >= 0.6 is 0 Å². The highest BCUT2D eigenvalue weighted by atomic mass is 19.1. The Labute approximate surface area is 169 Å². The lowest BCUT2D eigenvalue weighted by Crippen LogP contribution is -2.28. The Morgan fingerprint density at radius 1 is 0.966 bits per heavy atom. The van der Waals surface area contributed by atoms with Crippen molar-refractivity contribution in [2.24, 2.45) is 0 Å². The SMILES string of the molecule is CC(NC(=O)c1cncc(C(=O)NCCc2ccc(F)cc2)c1)c1ccccc1. The lowest BCUT2D eigenvalue weighted by Gasteiger charge is -2.14. The number of rotatable bonds is 7. The van der Waals surface area contributed by atoms with Gasteiger partial charge in [-0.25, -0.2) is 4.39 Å². The quantitative estimate of drug-likeness (QED) is 0.645. The summed E-state index contributed by atoms with van der Waals surface area (Å²) < 4.78 is 12.9. The highest BCUT2D eigenvalue weighted by Crippen LogP contribution is 2.13. The molecule has 2 N–H and O–H groups in total. The van der Waals surface area contributed by atoms with Crippen molar-refractivity contribution >= 4 is 11.8 Å². The smallest absolute Gasteiger partial charge is 0.253 e. The normalized spacial score (nSPS) is 11.5. The Bertz CT molecular complexity index is 975. The number of hydrogen-bond donors (Lipinski definition) is 2. The highest BCUT2D eigenvalue weighted by molar-refractivity contribution is 5.99. The lowest BCUT2D eigenvalue weighted by atomic mass is 10.1. The molecule has 0 radical (unpaired) electrons. The van der Waals surface area contributed by atoms with Crippen molar-refractivity contribution in [2.75, 3.05) is 6.54 Å². The summed E-state index contributed by atoms with van der Waals surface area (Å²) >= 11 is 0. The van der Waals surface area contributed by atoms with Crippen LogP contribution in [0.5, 0.6) is 0 Å². The second-order valence-corrected chi connectivity index (χ2v) is 6.70. The first kappa shape index (κ1) is 20.2. The summed E-state index contributed by atoms with van der Waals surface area (Å²) in [5, 5.41) is 5.70. The molecule has 3 aromatic rings.